The second-order valence-corrected chi connectivity index (χ2v) is 13.9. The van der Waals surface area contributed by atoms with Crippen molar-refractivity contribution in [2.45, 2.75) is 5.41 Å². The fourth-order valence-electron chi connectivity index (χ4n) is 7.80. The largest absolute Gasteiger partial charge is 0.208 e. The molecule has 2 aromatic heterocycles. The van der Waals surface area contributed by atoms with E-state index in [1.807, 2.05) is 29.5 Å². The molecule has 0 amide bonds. The first-order chi connectivity index (χ1) is 24.8. The van der Waals surface area contributed by atoms with Crippen LogP contribution in [0.5, 0.6) is 0 Å². The Morgan fingerprint density at radius 3 is 1.60 bits per heavy atom. The highest BCUT2D eigenvalue weighted by Crippen LogP contribution is 2.56. The molecule has 234 valence electrons. The molecule has 1 aliphatic rings. The average molecular weight is 656 g/mol. The standard InChI is InChI=1S/C46H29N3S/c1-4-14-30(15-5-1)43-47-44(31-25-27-42-38(28-31)37-21-11-13-23-41(37)50-42)49-45(48-43)32-24-26-36-35-20-10-12-22-39(35)46(40(36)29-32,33-16-6-2-7-17-33)34-18-8-3-9-19-34/h1-29H. The molecule has 0 fully saturated rings. The van der Waals surface area contributed by atoms with E-state index in [2.05, 4.69) is 158 Å². The third-order valence-corrected chi connectivity index (χ3v) is 11.2. The molecule has 50 heavy (non-hydrogen) atoms. The van der Waals surface area contributed by atoms with Gasteiger partial charge in [0.05, 0.1) is 5.41 Å². The molecular weight excluding hydrogens is 627 g/mol. The molecular formula is C46H29N3S. The Balaban J connectivity index is 1.22. The average Bonchev–Trinajstić information content (AvgIpc) is 3.72. The van der Waals surface area contributed by atoms with Crippen LogP contribution in [0.25, 0.3) is 65.5 Å². The summed E-state index contributed by atoms with van der Waals surface area (Å²) < 4.78 is 2.53. The Kier molecular flexibility index (Phi) is 6.58. The minimum atomic E-state index is -0.506. The molecule has 0 atom stereocenters. The van der Waals surface area contributed by atoms with Gasteiger partial charge in [-0.1, -0.05) is 146 Å². The van der Waals surface area contributed by atoms with Gasteiger partial charge >= 0.3 is 0 Å². The second-order valence-electron chi connectivity index (χ2n) is 12.8. The maximum Gasteiger partial charge on any atom is 0.164 e. The van der Waals surface area contributed by atoms with Gasteiger partial charge in [0.1, 0.15) is 0 Å². The number of thiophene rings is 1. The first-order valence-corrected chi connectivity index (χ1v) is 17.7. The molecule has 0 spiro atoms. The van der Waals surface area contributed by atoms with Crippen LogP contribution >= 0.6 is 11.3 Å². The number of benzene rings is 7. The lowest BCUT2D eigenvalue weighted by Gasteiger charge is -2.34. The van der Waals surface area contributed by atoms with E-state index in [1.165, 1.54) is 53.6 Å². The van der Waals surface area contributed by atoms with Gasteiger partial charge in [-0.05, 0) is 63.7 Å². The lowest BCUT2D eigenvalue weighted by atomic mass is 9.67. The molecule has 0 saturated heterocycles. The Morgan fingerprint density at radius 1 is 0.360 bits per heavy atom. The van der Waals surface area contributed by atoms with Crippen LogP contribution in [-0.4, -0.2) is 15.0 Å². The molecule has 7 aromatic carbocycles. The Bertz CT molecular complexity index is 2660. The monoisotopic (exact) mass is 655 g/mol. The van der Waals surface area contributed by atoms with Gasteiger partial charge < -0.3 is 0 Å². The Labute approximate surface area is 294 Å². The van der Waals surface area contributed by atoms with Crippen LogP contribution in [0.3, 0.4) is 0 Å². The van der Waals surface area contributed by atoms with Crippen molar-refractivity contribution in [2.24, 2.45) is 0 Å². The zero-order valence-electron chi connectivity index (χ0n) is 27.0. The number of hydrogen-bond acceptors (Lipinski definition) is 4. The summed E-state index contributed by atoms with van der Waals surface area (Å²) in [6.07, 6.45) is 0. The first kappa shape index (κ1) is 28.8. The summed E-state index contributed by atoms with van der Waals surface area (Å²) in [5.41, 5.74) is 9.81. The summed E-state index contributed by atoms with van der Waals surface area (Å²) in [5.74, 6) is 1.96. The predicted molar refractivity (Wildman–Crippen MR) is 206 cm³/mol. The third-order valence-electron chi connectivity index (χ3n) is 10.0. The van der Waals surface area contributed by atoms with Crippen LogP contribution in [0.2, 0.25) is 0 Å². The maximum absolute atomic E-state index is 5.22. The third kappa shape index (κ3) is 4.39. The normalized spacial score (nSPS) is 13.0. The van der Waals surface area contributed by atoms with E-state index in [9.17, 15) is 0 Å². The summed E-state index contributed by atoms with van der Waals surface area (Å²) in [6, 6.07) is 62.7. The molecule has 2 heterocycles. The maximum atomic E-state index is 5.22. The van der Waals surface area contributed by atoms with Crippen molar-refractivity contribution >= 4 is 31.5 Å². The zero-order valence-corrected chi connectivity index (χ0v) is 27.8. The number of aromatic nitrogens is 3. The van der Waals surface area contributed by atoms with Crippen LogP contribution in [-0.2, 0) is 5.41 Å². The quantitative estimate of drug-likeness (QED) is 0.185. The molecule has 0 N–H and O–H groups in total. The lowest BCUT2D eigenvalue weighted by molar-refractivity contribution is 0.768. The van der Waals surface area contributed by atoms with E-state index in [0.717, 1.165) is 16.7 Å². The molecule has 0 bridgehead atoms. The van der Waals surface area contributed by atoms with E-state index in [1.54, 1.807) is 0 Å². The number of rotatable bonds is 5. The minimum absolute atomic E-state index is 0.506. The minimum Gasteiger partial charge on any atom is -0.208 e. The van der Waals surface area contributed by atoms with Gasteiger partial charge in [-0.15, -0.1) is 11.3 Å². The van der Waals surface area contributed by atoms with Crippen LogP contribution in [0, 0.1) is 0 Å². The van der Waals surface area contributed by atoms with Crippen molar-refractivity contribution in [3.8, 4) is 45.3 Å². The van der Waals surface area contributed by atoms with Crippen molar-refractivity contribution < 1.29 is 0 Å². The summed E-state index contributed by atoms with van der Waals surface area (Å²) in [4.78, 5) is 15.4. The molecule has 0 saturated carbocycles. The van der Waals surface area contributed by atoms with Crippen LogP contribution in [0.4, 0.5) is 0 Å². The van der Waals surface area contributed by atoms with Gasteiger partial charge in [0, 0.05) is 36.9 Å². The zero-order chi connectivity index (χ0) is 33.1. The fraction of sp³-hybridized carbons (Fsp3) is 0.0217. The fourth-order valence-corrected chi connectivity index (χ4v) is 8.89. The van der Waals surface area contributed by atoms with Gasteiger partial charge in [0.2, 0.25) is 0 Å². The Hall–Kier alpha value is -6.23. The van der Waals surface area contributed by atoms with Crippen molar-refractivity contribution in [1.82, 2.24) is 15.0 Å². The van der Waals surface area contributed by atoms with Gasteiger partial charge in [-0.2, -0.15) is 0 Å². The molecule has 4 heteroatoms. The van der Waals surface area contributed by atoms with Gasteiger partial charge in [-0.3, -0.25) is 0 Å². The van der Waals surface area contributed by atoms with Gasteiger partial charge in [0.15, 0.2) is 17.5 Å². The second kappa shape index (κ2) is 11.4. The molecule has 0 radical (unpaired) electrons. The summed E-state index contributed by atoms with van der Waals surface area (Å²) in [5, 5.41) is 2.47. The SMILES string of the molecule is c1ccc(-c2nc(-c3ccc4c(c3)C(c3ccccc3)(c3ccccc3)c3ccccc3-4)nc(-c3ccc4sc5ccccc5c4c3)n2)cc1. The lowest BCUT2D eigenvalue weighted by Crippen LogP contribution is -2.28. The van der Waals surface area contributed by atoms with Crippen molar-refractivity contribution in [2.75, 3.05) is 0 Å². The van der Waals surface area contributed by atoms with Crippen molar-refractivity contribution in [3.63, 3.8) is 0 Å². The molecule has 9 aromatic rings. The van der Waals surface area contributed by atoms with Gasteiger partial charge in [-0.25, -0.2) is 15.0 Å². The summed E-state index contributed by atoms with van der Waals surface area (Å²) in [6.45, 7) is 0. The number of nitrogens with zero attached hydrogens (tertiary/aromatic N) is 3. The Morgan fingerprint density at radius 2 is 0.880 bits per heavy atom. The predicted octanol–water partition coefficient (Wildman–Crippen LogP) is 11.6. The molecule has 10 rings (SSSR count). The van der Waals surface area contributed by atoms with Crippen LogP contribution < -0.4 is 0 Å². The van der Waals surface area contributed by atoms with Crippen molar-refractivity contribution in [3.05, 3.63) is 198 Å². The molecule has 1 aliphatic carbocycles. The van der Waals surface area contributed by atoms with Crippen molar-refractivity contribution in [1.29, 1.82) is 0 Å². The van der Waals surface area contributed by atoms with E-state index < -0.39 is 5.41 Å². The molecule has 3 nitrogen and oxygen atoms in total. The highest BCUT2D eigenvalue weighted by molar-refractivity contribution is 7.25. The van der Waals surface area contributed by atoms with E-state index in [0.29, 0.717) is 17.5 Å². The highest BCUT2D eigenvalue weighted by Gasteiger charge is 2.46. The number of hydrogen-bond donors (Lipinski definition) is 0. The van der Waals surface area contributed by atoms with E-state index in [4.69, 9.17) is 15.0 Å². The van der Waals surface area contributed by atoms with Crippen LogP contribution in [0.15, 0.2) is 176 Å². The van der Waals surface area contributed by atoms with E-state index >= 15 is 0 Å². The topological polar surface area (TPSA) is 38.7 Å². The summed E-state index contributed by atoms with van der Waals surface area (Å²) >= 11 is 1.81. The van der Waals surface area contributed by atoms with Gasteiger partial charge in [0.25, 0.3) is 0 Å². The summed E-state index contributed by atoms with van der Waals surface area (Å²) in [7, 11) is 0. The molecule has 0 aliphatic heterocycles. The van der Waals surface area contributed by atoms with Crippen LogP contribution in [0.1, 0.15) is 22.3 Å². The molecule has 0 unspecified atom stereocenters. The highest BCUT2D eigenvalue weighted by atomic mass is 32.1. The smallest absolute Gasteiger partial charge is 0.164 e. The van der Waals surface area contributed by atoms with E-state index in [-0.39, 0.29) is 0 Å². The number of fused-ring (bicyclic) bond motifs is 6. The first-order valence-electron chi connectivity index (χ1n) is 16.9.